The Morgan fingerprint density at radius 3 is 2.56 bits per heavy atom. The van der Waals surface area contributed by atoms with Crippen LogP contribution in [0.3, 0.4) is 0 Å². The maximum absolute atomic E-state index is 10.5. The molecule has 4 nitrogen and oxygen atoms in total. The first-order chi connectivity index (χ1) is 7.59. The van der Waals surface area contributed by atoms with Crippen molar-refractivity contribution in [1.29, 1.82) is 0 Å². The van der Waals surface area contributed by atoms with Crippen LogP contribution in [0.1, 0.15) is 12.0 Å². The van der Waals surface area contributed by atoms with E-state index in [1.807, 2.05) is 30.3 Å². The van der Waals surface area contributed by atoms with Crippen LogP contribution in [0.15, 0.2) is 30.3 Å². The molecule has 1 amide bonds. The lowest BCUT2D eigenvalue weighted by Crippen LogP contribution is -2.28. The SMILES string of the molecule is CN(CCC(O)Cc1ccccc1)C(=O)O. The molecule has 0 saturated carbocycles. The van der Waals surface area contributed by atoms with Crippen molar-refractivity contribution in [3.63, 3.8) is 0 Å². The van der Waals surface area contributed by atoms with Crippen LogP contribution in [0.25, 0.3) is 0 Å². The number of carboxylic acid groups (broad SMARTS) is 1. The molecule has 0 fully saturated rings. The number of nitrogens with zero attached hydrogens (tertiary/aromatic N) is 1. The number of hydrogen-bond donors (Lipinski definition) is 2. The van der Waals surface area contributed by atoms with E-state index in [0.717, 1.165) is 5.56 Å². The fourth-order valence-electron chi connectivity index (χ4n) is 1.43. The Morgan fingerprint density at radius 2 is 2.00 bits per heavy atom. The van der Waals surface area contributed by atoms with Gasteiger partial charge in [-0.3, -0.25) is 0 Å². The van der Waals surface area contributed by atoms with Crippen LogP contribution in [0, 0.1) is 0 Å². The van der Waals surface area contributed by atoms with Gasteiger partial charge in [-0.1, -0.05) is 30.3 Å². The summed E-state index contributed by atoms with van der Waals surface area (Å²) in [5.41, 5.74) is 1.06. The molecule has 88 valence electrons. The van der Waals surface area contributed by atoms with Crippen molar-refractivity contribution in [1.82, 2.24) is 4.90 Å². The fourth-order valence-corrected chi connectivity index (χ4v) is 1.43. The molecule has 1 rings (SSSR count). The predicted molar refractivity (Wildman–Crippen MR) is 61.4 cm³/mol. The molecule has 0 aliphatic rings. The van der Waals surface area contributed by atoms with Crippen molar-refractivity contribution >= 4 is 6.09 Å². The highest BCUT2D eigenvalue weighted by atomic mass is 16.4. The number of aliphatic hydroxyl groups excluding tert-OH is 1. The Labute approximate surface area is 95.1 Å². The number of carbonyl (C=O) groups is 1. The van der Waals surface area contributed by atoms with E-state index in [9.17, 15) is 9.90 Å². The maximum Gasteiger partial charge on any atom is 0.407 e. The molecule has 0 spiro atoms. The van der Waals surface area contributed by atoms with Gasteiger partial charge in [-0.05, 0) is 18.4 Å². The second-order valence-electron chi connectivity index (χ2n) is 3.84. The quantitative estimate of drug-likeness (QED) is 0.796. The third-order valence-electron chi connectivity index (χ3n) is 2.44. The minimum atomic E-state index is -0.966. The average molecular weight is 223 g/mol. The molecule has 0 saturated heterocycles. The van der Waals surface area contributed by atoms with E-state index < -0.39 is 12.2 Å². The molecule has 0 aliphatic heterocycles. The van der Waals surface area contributed by atoms with Gasteiger partial charge in [0.05, 0.1) is 6.10 Å². The Bertz CT molecular complexity index is 326. The van der Waals surface area contributed by atoms with Gasteiger partial charge in [0, 0.05) is 13.6 Å². The number of amides is 1. The summed E-state index contributed by atoms with van der Waals surface area (Å²) in [6.45, 7) is 0.351. The summed E-state index contributed by atoms with van der Waals surface area (Å²) in [4.78, 5) is 11.7. The molecule has 1 unspecified atom stereocenters. The van der Waals surface area contributed by atoms with Crippen LogP contribution in [-0.4, -0.2) is 40.9 Å². The fraction of sp³-hybridized carbons (Fsp3) is 0.417. The number of rotatable bonds is 5. The first kappa shape index (κ1) is 12.5. The third kappa shape index (κ3) is 4.31. The zero-order chi connectivity index (χ0) is 12.0. The van der Waals surface area contributed by atoms with E-state index in [1.54, 1.807) is 0 Å². The van der Waals surface area contributed by atoms with Crippen molar-refractivity contribution in [3.05, 3.63) is 35.9 Å². The molecule has 1 aromatic carbocycles. The largest absolute Gasteiger partial charge is 0.465 e. The maximum atomic E-state index is 10.5. The van der Waals surface area contributed by atoms with Crippen LogP contribution < -0.4 is 0 Å². The predicted octanol–water partition coefficient (Wildman–Crippen LogP) is 1.59. The lowest BCUT2D eigenvalue weighted by molar-refractivity contribution is 0.130. The first-order valence-corrected chi connectivity index (χ1v) is 5.25. The summed E-state index contributed by atoms with van der Waals surface area (Å²) >= 11 is 0. The lowest BCUT2D eigenvalue weighted by Gasteiger charge is -2.16. The normalized spacial score (nSPS) is 12.1. The van der Waals surface area contributed by atoms with Gasteiger partial charge in [-0.2, -0.15) is 0 Å². The summed E-state index contributed by atoms with van der Waals surface area (Å²) in [5, 5.41) is 18.3. The van der Waals surface area contributed by atoms with Gasteiger partial charge in [0.15, 0.2) is 0 Å². The van der Waals surface area contributed by atoms with E-state index in [0.29, 0.717) is 19.4 Å². The van der Waals surface area contributed by atoms with Gasteiger partial charge in [0.25, 0.3) is 0 Å². The molecule has 1 atom stereocenters. The van der Waals surface area contributed by atoms with Crippen molar-refractivity contribution in [3.8, 4) is 0 Å². The van der Waals surface area contributed by atoms with Gasteiger partial charge in [-0.15, -0.1) is 0 Å². The molecular weight excluding hydrogens is 206 g/mol. The number of aliphatic hydroxyl groups is 1. The summed E-state index contributed by atoms with van der Waals surface area (Å²) in [5.74, 6) is 0. The topological polar surface area (TPSA) is 60.8 Å². The molecule has 2 N–H and O–H groups in total. The van der Waals surface area contributed by atoms with Gasteiger partial charge >= 0.3 is 6.09 Å². The van der Waals surface area contributed by atoms with Gasteiger partial charge in [0.1, 0.15) is 0 Å². The van der Waals surface area contributed by atoms with E-state index >= 15 is 0 Å². The molecule has 0 heterocycles. The zero-order valence-electron chi connectivity index (χ0n) is 9.34. The molecule has 4 heteroatoms. The molecular formula is C12H17NO3. The minimum absolute atomic E-state index is 0.351. The molecule has 0 aromatic heterocycles. The van der Waals surface area contributed by atoms with Crippen molar-refractivity contribution in [2.24, 2.45) is 0 Å². The Hall–Kier alpha value is -1.55. The lowest BCUT2D eigenvalue weighted by atomic mass is 10.1. The van der Waals surface area contributed by atoms with Crippen molar-refractivity contribution < 1.29 is 15.0 Å². The molecule has 0 radical (unpaired) electrons. The van der Waals surface area contributed by atoms with E-state index in [-0.39, 0.29) is 0 Å². The highest BCUT2D eigenvalue weighted by Crippen LogP contribution is 2.06. The number of benzene rings is 1. The van der Waals surface area contributed by atoms with Crippen LogP contribution in [0.4, 0.5) is 4.79 Å². The zero-order valence-corrected chi connectivity index (χ0v) is 9.34. The van der Waals surface area contributed by atoms with E-state index in [4.69, 9.17) is 5.11 Å². The van der Waals surface area contributed by atoms with Crippen LogP contribution in [0.5, 0.6) is 0 Å². The monoisotopic (exact) mass is 223 g/mol. The average Bonchev–Trinajstić information content (AvgIpc) is 2.27. The van der Waals surface area contributed by atoms with E-state index in [2.05, 4.69) is 0 Å². The molecule has 0 aliphatic carbocycles. The Morgan fingerprint density at radius 1 is 1.38 bits per heavy atom. The summed E-state index contributed by atoms with van der Waals surface area (Å²) < 4.78 is 0. The highest BCUT2D eigenvalue weighted by molar-refractivity contribution is 5.64. The third-order valence-corrected chi connectivity index (χ3v) is 2.44. The summed E-state index contributed by atoms with van der Waals surface area (Å²) in [6.07, 6.45) is -0.442. The van der Waals surface area contributed by atoms with Crippen LogP contribution in [0.2, 0.25) is 0 Å². The Balaban J connectivity index is 2.31. The van der Waals surface area contributed by atoms with Crippen LogP contribution >= 0.6 is 0 Å². The van der Waals surface area contributed by atoms with Crippen molar-refractivity contribution in [2.75, 3.05) is 13.6 Å². The van der Waals surface area contributed by atoms with E-state index in [1.165, 1.54) is 11.9 Å². The second kappa shape index (κ2) is 6.12. The Kier molecular flexibility index (Phi) is 4.79. The molecule has 16 heavy (non-hydrogen) atoms. The van der Waals surface area contributed by atoms with Gasteiger partial charge in [-0.25, -0.2) is 4.79 Å². The molecule has 0 bridgehead atoms. The minimum Gasteiger partial charge on any atom is -0.465 e. The smallest absolute Gasteiger partial charge is 0.407 e. The number of hydrogen-bond acceptors (Lipinski definition) is 2. The van der Waals surface area contributed by atoms with Gasteiger partial charge < -0.3 is 15.1 Å². The highest BCUT2D eigenvalue weighted by Gasteiger charge is 2.09. The first-order valence-electron chi connectivity index (χ1n) is 5.25. The van der Waals surface area contributed by atoms with Crippen LogP contribution in [-0.2, 0) is 6.42 Å². The summed E-state index contributed by atoms with van der Waals surface area (Å²) in [6, 6.07) is 9.67. The molecule has 1 aromatic rings. The van der Waals surface area contributed by atoms with Gasteiger partial charge in [0.2, 0.25) is 0 Å². The second-order valence-corrected chi connectivity index (χ2v) is 3.84. The van der Waals surface area contributed by atoms with Crippen molar-refractivity contribution in [2.45, 2.75) is 18.9 Å². The standard InChI is InChI=1S/C12H17NO3/c1-13(12(15)16)8-7-11(14)9-10-5-3-2-4-6-10/h2-6,11,14H,7-9H2,1H3,(H,15,16). The summed E-state index contributed by atoms with van der Waals surface area (Å²) in [7, 11) is 1.50.